The zero-order chi connectivity index (χ0) is 61.7. The lowest BCUT2D eigenvalue weighted by molar-refractivity contribution is 0.416. The first kappa shape index (κ1) is 60.4. The molecule has 0 unspecified atom stereocenters. The van der Waals surface area contributed by atoms with E-state index in [0.717, 1.165) is 33.8 Å². The zero-order valence-electron chi connectivity index (χ0n) is 52.8. The second-order valence-electron chi connectivity index (χ2n) is 24.4. The molecule has 2 heterocycles. The summed E-state index contributed by atoms with van der Waals surface area (Å²) in [5.74, 6) is 1.02. The average molecular weight is 1200 g/mol. The van der Waals surface area contributed by atoms with Gasteiger partial charge in [0.2, 0.25) is 0 Å². The Bertz CT molecular complexity index is 4710. The van der Waals surface area contributed by atoms with Crippen molar-refractivity contribution in [2.24, 2.45) is 0 Å². The van der Waals surface area contributed by atoms with Crippen LogP contribution in [0.4, 0.5) is 0 Å². The van der Waals surface area contributed by atoms with Crippen molar-refractivity contribution in [1.82, 2.24) is 9.55 Å². The van der Waals surface area contributed by atoms with E-state index in [9.17, 15) is 0 Å². The van der Waals surface area contributed by atoms with Crippen LogP contribution in [-0.4, -0.2) is 28.0 Å². The lowest BCUT2D eigenvalue weighted by Crippen LogP contribution is -2.27. The smallest absolute Gasteiger partial charge is 0.126 e. The van der Waals surface area contributed by atoms with Crippen LogP contribution in [0.3, 0.4) is 0 Å². The summed E-state index contributed by atoms with van der Waals surface area (Å²) in [5, 5.41) is 16.6. The van der Waals surface area contributed by atoms with Gasteiger partial charge in [-0.3, -0.25) is 0 Å². The van der Waals surface area contributed by atoms with Gasteiger partial charge in [0.05, 0.1) is 18.1 Å². The standard InChI is InChI=1S/C30H21N.C26H35OP.C24H17N.C7H8/c1-2-12-22(13-3-1)31-29-20-10-8-18-27(29)25-16-6-4-14-23(25)24-15-5-7-17-26(24)28-19-9-11-21-30(28)31;1-20-12-11-18-24(27-2)26(20)23-17-9-10-19-25(23)28(21-13-5-3-6-14-21)22-15-7-4-8-16-22;1-3-11-19-17(9-1)18-10-2-4-12-20(18)22-14-6-8-16-24(22)25-23-15-7-5-13-21(19)23;1-7-5-3-2-4-6-7/h1-21H;9-12,17-19,21-22H,3-8,13-16H2,1-2H3;1-16,25H;2-6H,1H3. The van der Waals surface area contributed by atoms with Crippen LogP contribution in [0, 0.1) is 13.8 Å². The van der Waals surface area contributed by atoms with Gasteiger partial charge in [-0.05, 0) is 153 Å². The number of aromatic amines is 1. The van der Waals surface area contributed by atoms with Crippen molar-refractivity contribution in [3.63, 3.8) is 0 Å². The van der Waals surface area contributed by atoms with E-state index < -0.39 is 0 Å². The van der Waals surface area contributed by atoms with Crippen LogP contribution in [0.2, 0.25) is 0 Å². The zero-order valence-corrected chi connectivity index (χ0v) is 53.7. The highest BCUT2D eigenvalue weighted by Gasteiger charge is 2.34. The number of nitrogens with zero attached hydrogens (tertiary/aromatic N) is 1. The average Bonchev–Trinajstić information content (AvgIpc) is 1.81. The number of hydrogen-bond acceptors (Lipinski definition) is 1. The van der Waals surface area contributed by atoms with Crippen molar-refractivity contribution in [1.29, 1.82) is 0 Å². The van der Waals surface area contributed by atoms with Crippen molar-refractivity contribution in [2.45, 2.75) is 89.4 Å². The molecule has 0 atom stereocenters. The van der Waals surface area contributed by atoms with Gasteiger partial charge in [0.1, 0.15) is 5.75 Å². The minimum atomic E-state index is -0.122. The molecule has 2 fully saturated rings. The summed E-state index contributed by atoms with van der Waals surface area (Å²) in [7, 11) is 1.69. The van der Waals surface area contributed by atoms with Gasteiger partial charge >= 0.3 is 0 Å². The van der Waals surface area contributed by atoms with Gasteiger partial charge < -0.3 is 14.3 Å². The second-order valence-corrected chi connectivity index (χ2v) is 27.2. The molecule has 450 valence electrons. The van der Waals surface area contributed by atoms with E-state index in [2.05, 4.69) is 302 Å². The minimum absolute atomic E-state index is 0.122. The number of hydrogen-bond donors (Lipinski definition) is 1. The first-order valence-corrected chi connectivity index (χ1v) is 34.4. The molecule has 0 aliphatic heterocycles. The van der Waals surface area contributed by atoms with Crippen LogP contribution in [-0.2, 0) is 0 Å². The minimum Gasteiger partial charge on any atom is -0.496 e. The highest BCUT2D eigenvalue weighted by molar-refractivity contribution is 7.67. The number of fused-ring (bicyclic) bond motifs is 14. The third kappa shape index (κ3) is 13.2. The predicted octanol–water partition coefficient (Wildman–Crippen LogP) is 24.4. The van der Waals surface area contributed by atoms with Gasteiger partial charge in [-0.25, -0.2) is 0 Å². The highest BCUT2D eigenvalue weighted by Crippen LogP contribution is 2.57. The molecule has 1 N–H and O–H groups in total. The van der Waals surface area contributed by atoms with Crippen LogP contribution < -0.4 is 10.0 Å². The second kappa shape index (κ2) is 29.0. The molecular formula is C87H81N2OP. The Labute approximate surface area is 538 Å². The van der Waals surface area contributed by atoms with E-state index >= 15 is 0 Å². The third-order valence-corrected chi connectivity index (χ3v) is 22.2. The molecule has 91 heavy (non-hydrogen) atoms. The lowest BCUT2D eigenvalue weighted by atomic mass is 9.99. The Kier molecular flexibility index (Phi) is 19.2. The van der Waals surface area contributed by atoms with E-state index in [4.69, 9.17) is 4.74 Å². The van der Waals surface area contributed by atoms with Gasteiger partial charge in [0, 0.05) is 43.8 Å². The van der Waals surface area contributed by atoms with E-state index in [1.54, 1.807) is 5.30 Å². The maximum atomic E-state index is 5.81. The number of ether oxygens (including phenoxy) is 1. The third-order valence-electron chi connectivity index (χ3n) is 18.7. The normalized spacial score (nSPS) is 13.5. The van der Waals surface area contributed by atoms with Crippen molar-refractivity contribution in [3.05, 3.63) is 308 Å². The number of aryl methyl sites for hydroxylation is 2. The number of aromatic nitrogens is 2. The molecule has 2 aromatic heterocycles. The van der Waals surface area contributed by atoms with Crippen molar-refractivity contribution in [2.75, 3.05) is 7.11 Å². The summed E-state index contributed by atoms with van der Waals surface area (Å²) in [6, 6.07) is 106. The molecule has 14 aromatic rings. The van der Waals surface area contributed by atoms with Crippen molar-refractivity contribution in [3.8, 4) is 22.6 Å². The molecule has 2 aliphatic rings. The number of methoxy groups -OCH3 is 1. The van der Waals surface area contributed by atoms with Gasteiger partial charge in [-0.2, -0.15) is 0 Å². The fourth-order valence-corrected chi connectivity index (χ4v) is 18.3. The van der Waals surface area contributed by atoms with Crippen molar-refractivity contribution >= 4 is 99.9 Å². The first-order chi connectivity index (χ1) is 45.0. The Balaban J connectivity index is 0.000000119. The van der Waals surface area contributed by atoms with E-state index in [1.807, 2.05) is 25.3 Å². The van der Waals surface area contributed by atoms with Gasteiger partial charge in [-0.1, -0.05) is 307 Å². The number of para-hydroxylation sites is 5. The molecule has 4 heteroatoms. The Morgan fingerprint density at radius 1 is 0.330 bits per heavy atom. The highest BCUT2D eigenvalue weighted by atomic mass is 31.1. The lowest BCUT2D eigenvalue weighted by Gasteiger charge is -2.39. The van der Waals surface area contributed by atoms with E-state index in [0.29, 0.717) is 0 Å². The monoisotopic (exact) mass is 1200 g/mol. The molecule has 0 amide bonds. The summed E-state index contributed by atoms with van der Waals surface area (Å²) in [4.78, 5) is 3.66. The molecule has 3 nitrogen and oxygen atoms in total. The Morgan fingerprint density at radius 2 is 0.681 bits per heavy atom. The predicted molar refractivity (Wildman–Crippen MR) is 397 cm³/mol. The fourth-order valence-electron chi connectivity index (χ4n) is 14.4. The quantitative estimate of drug-likeness (QED) is 0.165. The molecular weight excluding hydrogens is 1120 g/mol. The largest absolute Gasteiger partial charge is 0.496 e. The summed E-state index contributed by atoms with van der Waals surface area (Å²) in [5.41, 5.74) is 13.0. The van der Waals surface area contributed by atoms with E-state index in [-0.39, 0.29) is 7.92 Å². The number of H-pyrrole nitrogens is 1. The molecule has 0 radical (unpaired) electrons. The molecule has 0 spiro atoms. The topological polar surface area (TPSA) is 29.9 Å². The fraction of sp³-hybridized carbons (Fsp3) is 0.172. The maximum absolute atomic E-state index is 5.81. The summed E-state index contributed by atoms with van der Waals surface area (Å²) < 4.78 is 8.21. The SMILES string of the molecule is COc1cccc(C)c1-c1ccccc1P(C1CCCCC1)C1CCCCC1.Cc1ccccc1.c1ccc(-n2c3ccccc3c3ccccc3c3ccccc3c3ccccc32)cc1.c1ccc2c(c1)[nH]c1ccccc1c1ccccc1c1ccccc21. The van der Waals surface area contributed by atoms with Gasteiger partial charge in [0.15, 0.2) is 0 Å². The number of rotatable bonds is 6. The van der Waals surface area contributed by atoms with E-state index in [1.165, 1.54) is 162 Å². The van der Waals surface area contributed by atoms with Crippen LogP contribution in [0.15, 0.2) is 297 Å². The van der Waals surface area contributed by atoms with Gasteiger partial charge in [0.25, 0.3) is 0 Å². The summed E-state index contributed by atoms with van der Waals surface area (Å²) in [6.07, 6.45) is 14.4. The van der Waals surface area contributed by atoms with Crippen LogP contribution >= 0.6 is 7.92 Å². The number of nitrogens with one attached hydrogen (secondary N) is 1. The molecule has 2 saturated carbocycles. The summed E-state index contributed by atoms with van der Waals surface area (Å²) >= 11 is 0. The molecule has 0 saturated heterocycles. The summed E-state index contributed by atoms with van der Waals surface area (Å²) in [6.45, 7) is 4.32. The molecule has 12 aromatic carbocycles. The van der Waals surface area contributed by atoms with Crippen LogP contribution in [0.1, 0.15) is 75.3 Å². The molecule has 0 bridgehead atoms. The molecule has 16 rings (SSSR count). The molecule has 2 aliphatic carbocycles. The van der Waals surface area contributed by atoms with Gasteiger partial charge in [-0.15, -0.1) is 0 Å². The van der Waals surface area contributed by atoms with Crippen molar-refractivity contribution < 1.29 is 4.74 Å². The van der Waals surface area contributed by atoms with Crippen LogP contribution in [0.5, 0.6) is 5.75 Å². The Hall–Kier alpha value is -9.53. The number of benzene rings is 12. The maximum Gasteiger partial charge on any atom is 0.126 e. The van der Waals surface area contributed by atoms with Crippen LogP contribution in [0.25, 0.3) is 104 Å². The first-order valence-electron chi connectivity index (χ1n) is 32.9. The Morgan fingerprint density at radius 3 is 1.11 bits per heavy atom.